The third-order valence-corrected chi connectivity index (χ3v) is 6.67. The van der Waals surface area contributed by atoms with E-state index in [4.69, 9.17) is 0 Å². The summed E-state index contributed by atoms with van der Waals surface area (Å²) >= 11 is 1.32. The molecule has 0 unspecified atom stereocenters. The maximum atomic E-state index is 13.0. The Morgan fingerprint density at radius 3 is 2.44 bits per heavy atom. The van der Waals surface area contributed by atoms with Crippen LogP contribution < -0.4 is 0 Å². The van der Waals surface area contributed by atoms with Crippen molar-refractivity contribution >= 4 is 16.9 Å². The topological polar surface area (TPSA) is 43.8 Å². The van der Waals surface area contributed by atoms with Crippen LogP contribution in [0.1, 0.15) is 31.2 Å². The highest BCUT2D eigenvalue weighted by Gasteiger charge is 2.46. The minimum Gasteiger partial charge on any atom is -0.376 e. The van der Waals surface area contributed by atoms with Crippen molar-refractivity contribution in [2.24, 2.45) is 5.92 Å². The maximum absolute atomic E-state index is 13.0. The van der Waals surface area contributed by atoms with Crippen LogP contribution in [-0.2, 0) is 10.4 Å². The summed E-state index contributed by atoms with van der Waals surface area (Å²) in [5.74, 6) is 0.809. The summed E-state index contributed by atoms with van der Waals surface area (Å²) in [7, 11) is 2.15. The average molecular weight is 363 g/mol. The first-order valence-electron chi connectivity index (χ1n) is 9.46. The monoisotopic (exact) mass is 362 g/mol. The Balaban J connectivity index is 1.61. The zero-order valence-corrected chi connectivity index (χ0v) is 16.0. The van der Waals surface area contributed by atoms with Crippen LogP contribution in [0, 0.1) is 5.92 Å². The van der Waals surface area contributed by atoms with Gasteiger partial charge in [0.05, 0.1) is 0 Å². The van der Waals surface area contributed by atoms with E-state index in [9.17, 15) is 9.90 Å². The lowest BCUT2D eigenvalue weighted by atomic mass is 9.81. The molecule has 5 heteroatoms. The van der Waals surface area contributed by atoms with Gasteiger partial charge in [0.15, 0.2) is 5.60 Å². The number of rotatable bonds is 6. The van der Waals surface area contributed by atoms with Crippen LogP contribution in [0.5, 0.6) is 0 Å². The number of thioether (sulfide) groups is 1. The van der Waals surface area contributed by atoms with Crippen molar-refractivity contribution in [1.29, 1.82) is 0 Å². The summed E-state index contributed by atoms with van der Waals surface area (Å²) in [5.41, 5.74) is -0.566. The summed E-state index contributed by atoms with van der Waals surface area (Å²) in [6, 6.07) is 9.56. The van der Waals surface area contributed by atoms with Gasteiger partial charge >= 0.3 is 0 Å². The molecule has 0 bridgehead atoms. The van der Waals surface area contributed by atoms with Crippen molar-refractivity contribution in [1.82, 2.24) is 9.80 Å². The first-order chi connectivity index (χ1) is 12.1. The van der Waals surface area contributed by atoms with Crippen LogP contribution in [0.25, 0.3) is 0 Å². The number of aliphatic hydroxyl groups is 1. The van der Waals surface area contributed by atoms with E-state index in [-0.39, 0.29) is 11.0 Å². The van der Waals surface area contributed by atoms with E-state index in [0.717, 1.165) is 69.7 Å². The van der Waals surface area contributed by atoms with Gasteiger partial charge in [0.2, 0.25) is 5.12 Å². The van der Waals surface area contributed by atoms with Crippen molar-refractivity contribution in [2.45, 2.75) is 31.3 Å². The van der Waals surface area contributed by atoms with Gasteiger partial charge in [0.1, 0.15) is 0 Å². The fourth-order valence-electron chi connectivity index (χ4n) is 4.00. The predicted octanol–water partition coefficient (Wildman–Crippen LogP) is 2.57. The fraction of sp³-hybridized carbons (Fsp3) is 0.650. The van der Waals surface area contributed by atoms with E-state index in [1.165, 1.54) is 11.8 Å². The molecular weight excluding hydrogens is 332 g/mol. The highest BCUT2D eigenvalue weighted by Crippen LogP contribution is 2.43. The Bertz CT molecular complexity index is 554. The third kappa shape index (κ3) is 4.45. The number of carbonyl (C=O) groups excluding carboxylic acids is 1. The number of likely N-dealkylation sites (N-methyl/N-ethyl adjacent to an activating group) is 1. The van der Waals surface area contributed by atoms with Crippen molar-refractivity contribution in [3.63, 3.8) is 0 Å². The van der Waals surface area contributed by atoms with Crippen LogP contribution in [-0.4, -0.2) is 65.5 Å². The second kappa shape index (κ2) is 8.67. The quantitative estimate of drug-likeness (QED) is 0.843. The Labute approximate surface area is 155 Å². The second-order valence-electron chi connectivity index (χ2n) is 7.39. The predicted molar refractivity (Wildman–Crippen MR) is 104 cm³/mol. The SMILES string of the molecule is CN1CCN(CCSC(=O)[C@](O)(c2ccccc2)C2CCCC2)CC1. The molecule has 1 atom stereocenters. The van der Waals surface area contributed by atoms with E-state index < -0.39 is 5.60 Å². The molecule has 0 aromatic heterocycles. The highest BCUT2D eigenvalue weighted by molar-refractivity contribution is 8.13. The Morgan fingerprint density at radius 1 is 1.16 bits per heavy atom. The van der Waals surface area contributed by atoms with Crippen molar-refractivity contribution in [3.8, 4) is 0 Å². The molecule has 2 fully saturated rings. The third-order valence-electron chi connectivity index (χ3n) is 5.71. The average Bonchev–Trinajstić information content (AvgIpc) is 3.18. The number of piperazine rings is 1. The smallest absolute Gasteiger partial charge is 0.225 e. The van der Waals surface area contributed by atoms with Crippen LogP contribution in [0.15, 0.2) is 30.3 Å². The molecule has 1 aromatic rings. The van der Waals surface area contributed by atoms with Crippen LogP contribution in [0.4, 0.5) is 0 Å². The lowest BCUT2D eigenvalue weighted by Gasteiger charge is -2.34. The summed E-state index contributed by atoms with van der Waals surface area (Å²) in [6.07, 6.45) is 4.10. The summed E-state index contributed by atoms with van der Waals surface area (Å²) < 4.78 is 0. The molecule has 0 radical (unpaired) electrons. The Hall–Kier alpha value is -0.880. The molecule has 2 aliphatic rings. The summed E-state index contributed by atoms with van der Waals surface area (Å²) in [5, 5.41) is 11.4. The van der Waals surface area contributed by atoms with E-state index in [2.05, 4.69) is 16.8 Å². The molecule has 0 amide bonds. The molecule has 138 valence electrons. The molecule has 1 N–H and O–H groups in total. The molecule has 1 aliphatic carbocycles. The van der Waals surface area contributed by atoms with Gasteiger partial charge in [0.25, 0.3) is 0 Å². The number of carbonyl (C=O) groups is 1. The van der Waals surface area contributed by atoms with Gasteiger partial charge in [-0.15, -0.1) is 0 Å². The summed E-state index contributed by atoms with van der Waals surface area (Å²) in [4.78, 5) is 17.8. The molecule has 1 aliphatic heterocycles. The Morgan fingerprint density at radius 2 is 1.80 bits per heavy atom. The van der Waals surface area contributed by atoms with Crippen LogP contribution in [0.3, 0.4) is 0 Å². The van der Waals surface area contributed by atoms with Gasteiger partial charge < -0.3 is 10.0 Å². The molecule has 1 saturated heterocycles. The van der Waals surface area contributed by atoms with Gasteiger partial charge in [0, 0.05) is 38.5 Å². The van der Waals surface area contributed by atoms with Gasteiger partial charge in [-0.05, 0) is 31.4 Å². The van der Waals surface area contributed by atoms with Crippen molar-refractivity contribution in [2.75, 3.05) is 45.5 Å². The summed E-state index contributed by atoms with van der Waals surface area (Å²) in [6.45, 7) is 5.23. The van der Waals surface area contributed by atoms with Crippen LogP contribution in [0.2, 0.25) is 0 Å². The first kappa shape index (κ1) is 18.9. The molecule has 25 heavy (non-hydrogen) atoms. The molecule has 3 rings (SSSR count). The minimum absolute atomic E-state index is 0.0542. The molecule has 0 spiro atoms. The number of hydrogen-bond donors (Lipinski definition) is 1. The Kier molecular flexibility index (Phi) is 6.55. The minimum atomic E-state index is -1.33. The van der Waals surface area contributed by atoms with Gasteiger partial charge in [-0.3, -0.25) is 9.69 Å². The lowest BCUT2D eigenvalue weighted by molar-refractivity contribution is -0.134. The van der Waals surface area contributed by atoms with E-state index in [0.29, 0.717) is 0 Å². The zero-order chi connectivity index (χ0) is 17.7. The second-order valence-corrected chi connectivity index (χ2v) is 8.46. The van der Waals surface area contributed by atoms with Crippen LogP contribution >= 0.6 is 11.8 Å². The molecular formula is C20H30N2O2S. The molecule has 1 aromatic carbocycles. The van der Waals surface area contributed by atoms with Gasteiger partial charge in [-0.2, -0.15) is 0 Å². The normalized spacial score (nSPS) is 22.8. The fourth-order valence-corrected chi connectivity index (χ4v) is 5.04. The van der Waals surface area contributed by atoms with E-state index in [1.807, 2.05) is 30.3 Å². The number of benzene rings is 1. The first-order valence-corrected chi connectivity index (χ1v) is 10.5. The molecule has 4 nitrogen and oxygen atoms in total. The van der Waals surface area contributed by atoms with Crippen molar-refractivity contribution in [3.05, 3.63) is 35.9 Å². The molecule has 1 heterocycles. The standard InChI is InChI=1S/C20H30N2O2S/c1-21-11-13-22(14-12-21)15-16-25-19(23)20(24,18-9-5-6-10-18)17-7-3-2-4-8-17/h2-4,7-8,18,24H,5-6,9-16H2,1H3/t20-/m0/s1. The highest BCUT2D eigenvalue weighted by atomic mass is 32.2. The van der Waals surface area contributed by atoms with E-state index in [1.54, 1.807) is 0 Å². The lowest BCUT2D eigenvalue weighted by Crippen LogP contribution is -2.45. The molecule has 1 saturated carbocycles. The van der Waals surface area contributed by atoms with E-state index >= 15 is 0 Å². The maximum Gasteiger partial charge on any atom is 0.225 e. The zero-order valence-electron chi connectivity index (χ0n) is 15.2. The van der Waals surface area contributed by atoms with Gasteiger partial charge in [-0.25, -0.2) is 0 Å². The van der Waals surface area contributed by atoms with Gasteiger partial charge in [-0.1, -0.05) is 54.9 Å². The largest absolute Gasteiger partial charge is 0.376 e. The number of hydrogen-bond acceptors (Lipinski definition) is 5. The van der Waals surface area contributed by atoms with Crippen molar-refractivity contribution < 1.29 is 9.90 Å². The number of nitrogens with zero attached hydrogens (tertiary/aromatic N) is 2.